The maximum Gasteiger partial charge on any atom is 0.253 e. The molecule has 0 radical (unpaired) electrons. The summed E-state index contributed by atoms with van der Waals surface area (Å²) in [5, 5.41) is 1.45. The van der Waals surface area contributed by atoms with Gasteiger partial charge in [-0.05, 0) is 31.2 Å². The van der Waals surface area contributed by atoms with Crippen LogP contribution in [-0.2, 0) is 0 Å². The molecule has 0 atom stereocenters. The Bertz CT molecular complexity index is 1070. The van der Waals surface area contributed by atoms with Gasteiger partial charge in [-0.15, -0.1) is 0 Å². The number of hydrogen-bond acceptors (Lipinski definition) is 6. The van der Waals surface area contributed by atoms with Crippen LogP contribution in [0.1, 0.15) is 27.6 Å². The number of Topliss-reactive ketones (excluding diaryl/α,β-unsaturated/α-hetero) is 1. The average Bonchev–Trinajstić information content (AvgIpc) is 3.17. The Morgan fingerprint density at radius 2 is 1.69 bits per heavy atom. The van der Waals surface area contributed by atoms with Gasteiger partial charge < -0.3 is 14.5 Å². The van der Waals surface area contributed by atoms with Gasteiger partial charge in [-0.25, -0.2) is 4.98 Å². The molecule has 0 N–H and O–H groups in total. The van der Waals surface area contributed by atoms with E-state index in [4.69, 9.17) is 21.3 Å². The molecule has 1 amide bonds. The number of hydrogen-bond donors (Lipinski definition) is 0. The highest BCUT2D eigenvalue weighted by atomic mass is 35.5. The quantitative estimate of drug-likeness (QED) is 0.584. The zero-order valence-electron chi connectivity index (χ0n) is 16.1. The SMILES string of the molecule is COc1c(Cl)ccc2sc(N3CCN(C(=O)c4ccc(C(C)=O)cc4)CC3)nc12. The molecule has 0 unspecified atom stereocenters. The molecule has 0 bridgehead atoms. The molecular weight excluding hydrogens is 410 g/mol. The Balaban J connectivity index is 1.46. The van der Waals surface area contributed by atoms with Crippen molar-refractivity contribution in [3.05, 3.63) is 52.5 Å². The Morgan fingerprint density at radius 3 is 2.31 bits per heavy atom. The number of piperazine rings is 1. The molecule has 3 aromatic rings. The molecule has 1 saturated heterocycles. The van der Waals surface area contributed by atoms with Crippen molar-refractivity contribution in [2.45, 2.75) is 6.92 Å². The fraction of sp³-hybridized carbons (Fsp3) is 0.286. The highest BCUT2D eigenvalue weighted by molar-refractivity contribution is 7.22. The molecule has 2 aromatic carbocycles. The van der Waals surface area contributed by atoms with Crippen molar-refractivity contribution in [2.75, 3.05) is 38.2 Å². The van der Waals surface area contributed by atoms with Gasteiger partial charge in [0.05, 0.1) is 16.8 Å². The zero-order chi connectivity index (χ0) is 20.5. The number of carbonyl (C=O) groups is 2. The summed E-state index contributed by atoms with van der Waals surface area (Å²) in [6, 6.07) is 10.6. The minimum atomic E-state index is -0.0162. The smallest absolute Gasteiger partial charge is 0.253 e. The summed E-state index contributed by atoms with van der Waals surface area (Å²) in [5.74, 6) is 0.568. The summed E-state index contributed by atoms with van der Waals surface area (Å²) in [5.41, 5.74) is 1.98. The molecule has 8 heteroatoms. The third kappa shape index (κ3) is 3.80. The van der Waals surface area contributed by atoms with Crippen molar-refractivity contribution in [3.63, 3.8) is 0 Å². The molecule has 29 heavy (non-hydrogen) atoms. The first kappa shape index (κ1) is 19.7. The lowest BCUT2D eigenvalue weighted by molar-refractivity contribution is 0.0746. The van der Waals surface area contributed by atoms with Crippen molar-refractivity contribution >= 4 is 50.0 Å². The van der Waals surface area contributed by atoms with Crippen LogP contribution in [0.3, 0.4) is 0 Å². The molecule has 1 aliphatic rings. The van der Waals surface area contributed by atoms with Crippen LogP contribution in [-0.4, -0.2) is 54.9 Å². The number of carbonyl (C=O) groups excluding carboxylic acids is 2. The Hall–Kier alpha value is -2.64. The topological polar surface area (TPSA) is 62.7 Å². The van der Waals surface area contributed by atoms with Crippen LogP contribution in [0, 0.1) is 0 Å². The van der Waals surface area contributed by atoms with Crippen molar-refractivity contribution in [3.8, 4) is 5.75 Å². The summed E-state index contributed by atoms with van der Waals surface area (Å²) < 4.78 is 6.42. The first-order valence-electron chi connectivity index (χ1n) is 9.26. The van der Waals surface area contributed by atoms with E-state index in [1.807, 2.05) is 17.0 Å². The Labute approximate surface area is 177 Å². The normalized spacial score (nSPS) is 14.3. The van der Waals surface area contributed by atoms with Gasteiger partial charge in [0.1, 0.15) is 5.52 Å². The van der Waals surface area contributed by atoms with Crippen LogP contribution in [0.5, 0.6) is 5.75 Å². The van der Waals surface area contributed by atoms with E-state index in [1.165, 1.54) is 6.92 Å². The van der Waals surface area contributed by atoms with E-state index in [0.717, 1.165) is 15.3 Å². The van der Waals surface area contributed by atoms with Gasteiger partial charge in [0.2, 0.25) is 0 Å². The number of halogens is 1. The average molecular weight is 430 g/mol. The third-order valence-electron chi connectivity index (χ3n) is 5.04. The highest BCUT2D eigenvalue weighted by Crippen LogP contribution is 2.38. The van der Waals surface area contributed by atoms with Gasteiger partial charge in [-0.2, -0.15) is 0 Å². The first-order chi connectivity index (χ1) is 14.0. The van der Waals surface area contributed by atoms with E-state index in [9.17, 15) is 9.59 Å². The number of aromatic nitrogens is 1. The van der Waals surface area contributed by atoms with E-state index in [-0.39, 0.29) is 11.7 Å². The maximum atomic E-state index is 12.8. The summed E-state index contributed by atoms with van der Waals surface area (Å²) in [6.45, 7) is 4.14. The van der Waals surface area contributed by atoms with E-state index in [2.05, 4.69) is 4.90 Å². The van der Waals surface area contributed by atoms with Gasteiger partial charge in [0.15, 0.2) is 16.7 Å². The molecule has 150 valence electrons. The number of anilines is 1. The summed E-state index contributed by atoms with van der Waals surface area (Å²) in [4.78, 5) is 32.9. The number of ether oxygens (including phenoxy) is 1. The fourth-order valence-corrected chi connectivity index (χ4v) is 4.64. The van der Waals surface area contributed by atoms with Crippen LogP contribution in [0.4, 0.5) is 5.13 Å². The number of rotatable bonds is 4. The van der Waals surface area contributed by atoms with E-state index in [1.54, 1.807) is 42.7 Å². The van der Waals surface area contributed by atoms with E-state index >= 15 is 0 Å². The molecule has 0 spiro atoms. The lowest BCUT2D eigenvalue weighted by Gasteiger charge is -2.34. The van der Waals surface area contributed by atoms with Gasteiger partial charge in [0.25, 0.3) is 5.91 Å². The standard InChI is InChI=1S/C21H20ClN3O3S/c1-13(26)14-3-5-15(6-4-14)20(27)24-9-11-25(12-10-24)21-23-18-17(29-21)8-7-16(22)19(18)28-2/h3-8H,9-12H2,1-2H3. The number of thiazole rings is 1. The molecule has 4 rings (SSSR count). The summed E-state index contributed by atoms with van der Waals surface area (Å²) in [7, 11) is 1.59. The minimum Gasteiger partial charge on any atom is -0.493 e. The predicted molar refractivity (Wildman–Crippen MR) is 116 cm³/mol. The largest absolute Gasteiger partial charge is 0.493 e. The van der Waals surface area contributed by atoms with Crippen LogP contribution < -0.4 is 9.64 Å². The van der Waals surface area contributed by atoms with Gasteiger partial charge in [0, 0.05) is 37.3 Å². The van der Waals surface area contributed by atoms with E-state index in [0.29, 0.717) is 48.1 Å². The van der Waals surface area contributed by atoms with Crippen molar-refractivity contribution in [1.82, 2.24) is 9.88 Å². The first-order valence-corrected chi connectivity index (χ1v) is 10.5. The third-order valence-corrected chi connectivity index (χ3v) is 6.41. The molecule has 1 aliphatic heterocycles. The number of benzene rings is 2. The van der Waals surface area contributed by atoms with E-state index < -0.39 is 0 Å². The van der Waals surface area contributed by atoms with Crippen LogP contribution in [0.15, 0.2) is 36.4 Å². The van der Waals surface area contributed by atoms with Crippen LogP contribution in [0.25, 0.3) is 10.2 Å². The fourth-order valence-electron chi connectivity index (χ4n) is 3.39. The second kappa shape index (κ2) is 8.00. The molecule has 0 saturated carbocycles. The molecule has 1 fully saturated rings. The molecule has 1 aromatic heterocycles. The number of ketones is 1. The van der Waals surface area contributed by atoms with Crippen molar-refractivity contribution in [1.29, 1.82) is 0 Å². The highest BCUT2D eigenvalue weighted by Gasteiger charge is 2.24. The second-order valence-corrected chi connectivity index (χ2v) is 8.25. The number of amides is 1. The molecular formula is C21H20ClN3O3S. The number of methoxy groups -OCH3 is 1. The lowest BCUT2D eigenvalue weighted by Crippen LogP contribution is -2.48. The van der Waals surface area contributed by atoms with Gasteiger partial charge in [-0.1, -0.05) is 35.1 Å². The number of fused-ring (bicyclic) bond motifs is 1. The van der Waals surface area contributed by atoms with Crippen LogP contribution >= 0.6 is 22.9 Å². The number of nitrogens with zero attached hydrogens (tertiary/aromatic N) is 3. The Morgan fingerprint density at radius 1 is 1.03 bits per heavy atom. The second-order valence-electron chi connectivity index (χ2n) is 6.84. The van der Waals surface area contributed by atoms with Gasteiger partial charge >= 0.3 is 0 Å². The minimum absolute atomic E-state index is 0.00799. The van der Waals surface area contributed by atoms with Crippen LogP contribution in [0.2, 0.25) is 5.02 Å². The Kier molecular flexibility index (Phi) is 5.43. The zero-order valence-corrected chi connectivity index (χ0v) is 17.7. The maximum absolute atomic E-state index is 12.8. The molecule has 6 nitrogen and oxygen atoms in total. The summed E-state index contributed by atoms with van der Waals surface area (Å²) in [6.07, 6.45) is 0. The predicted octanol–water partition coefficient (Wildman–Crippen LogP) is 4.12. The monoisotopic (exact) mass is 429 g/mol. The lowest BCUT2D eigenvalue weighted by atomic mass is 10.1. The molecule has 2 heterocycles. The summed E-state index contributed by atoms with van der Waals surface area (Å²) >= 11 is 7.79. The van der Waals surface area contributed by atoms with Crippen molar-refractivity contribution in [2.24, 2.45) is 0 Å². The van der Waals surface area contributed by atoms with Crippen molar-refractivity contribution < 1.29 is 14.3 Å². The molecule has 0 aliphatic carbocycles. The van der Waals surface area contributed by atoms with Gasteiger partial charge in [-0.3, -0.25) is 9.59 Å².